The van der Waals surface area contributed by atoms with Gasteiger partial charge in [0, 0.05) is 67.9 Å². The molecule has 51 heavy (non-hydrogen) atoms. The average molecular weight is 653 g/mol. The van der Waals surface area contributed by atoms with Crippen LogP contribution in [0.5, 0.6) is 0 Å². The third-order valence-electron chi connectivity index (χ3n) is 10.3. The highest BCUT2D eigenvalue weighted by atomic mass is 16.3. The smallest absolute Gasteiger partial charge is 0.137 e. The van der Waals surface area contributed by atoms with E-state index >= 15 is 0 Å². The van der Waals surface area contributed by atoms with Gasteiger partial charge in [0.2, 0.25) is 0 Å². The van der Waals surface area contributed by atoms with Gasteiger partial charge < -0.3 is 13.7 Å². The van der Waals surface area contributed by atoms with Crippen molar-refractivity contribution >= 4 is 93.4 Å². The first-order chi connectivity index (χ1) is 25.2. The highest BCUT2D eigenvalue weighted by molar-refractivity contribution is 6.20. The van der Waals surface area contributed by atoms with E-state index in [0.717, 1.165) is 83.0 Å². The van der Waals surface area contributed by atoms with E-state index < -0.39 is 0 Å². The molecule has 3 heterocycles. The van der Waals surface area contributed by atoms with Crippen molar-refractivity contribution in [1.29, 1.82) is 0 Å². The van der Waals surface area contributed by atoms with Gasteiger partial charge in [-0.25, -0.2) is 0 Å². The van der Waals surface area contributed by atoms with Crippen LogP contribution in [0.15, 0.2) is 179 Å². The van der Waals surface area contributed by atoms with Gasteiger partial charge in [0.1, 0.15) is 22.3 Å². The lowest BCUT2D eigenvalue weighted by molar-refractivity contribution is 0.669. The Morgan fingerprint density at radius 2 is 0.902 bits per heavy atom. The summed E-state index contributed by atoms with van der Waals surface area (Å²) in [5, 5.41) is 10.4. The zero-order valence-electron chi connectivity index (χ0n) is 27.4. The zero-order chi connectivity index (χ0) is 33.5. The van der Waals surface area contributed by atoms with Crippen molar-refractivity contribution in [2.45, 2.75) is 0 Å². The van der Waals surface area contributed by atoms with Crippen molar-refractivity contribution in [1.82, 2.24) is 4.98 Å². The standard InChI is InChI=1S/C47H28N2O2/c1-4-10-37-30(7-1)15-23-42-46(37)39-21-19-35(26-44(39)50-42)49(34-17-13-29(14-18-34)33-25-32-9-3-6-12-41(32)48-28-33)36-20-22-40-45(27-36)51-43-24-16-31-8-2-5-11-38(31)47(40)43/h1-28H. The first-order valence-corrected chi connectivity index (χ1v) is 17.2. The molecule has 0 aliphatic rings. The van der Waals surface area contributed by atoms with Gasteiger partial charge in [-0.1, -0.05) is 91.0 Å². The van der Waals surface area contributed by atoms with Gasteiger partial charge in [-0.3, -0.25) is 4.98 Å². The van der Waals surface area contributed by atoms with E-state index in [1.807, 2.05) is 18.3 Å². The number of aromatic nitrogens is 1. The molecule has 0 bridgehead atoms. The number of rotatable bonds is 4. The fourth-order valence-corrected chi connectivity index (χ4v) is 7.83. The Labute approximate surface area is 292 Å². The Hall–Kier alpha value is -6.91. The highest BCUT2D eigenvalue weighted by Crippen LogP contribution is 2.43. The Kier molecular flexibility index (Phi) is 5.92. The quantitative estimate of drug-likeness (QED) is 0.190. The maximum absolute atomic E-state index is 6.53. The van der Waals surface area contributed by atoms with Crippen LogP contribution in [0.4, 0.5) is 17.1 Å². The van der Waals surface area contributed by atoms with E-state index in [1.54, 1.807) is 0 Å². The SMILES string of the molecule is c1ccc2ncc(-c3ccc(N(c4ccc5c(c4)oc4ccc6ccccc6c45)c4ccc5c(c4)oc4ccc6ccccc6c45)cc3)cc2c1. The molecule has 11 aromatic rings. The monoisotopic (exact) mass is 652 g/mol. The lowest BCUT2D eigenvalue weighted by atomic mass is 10.0. The van der Waals surface area contributed by atoms with E-state index in [0.29, 0.717) is 0 Å². The summed E-state index contributed by atoms with van der Waals surface area (Å²) in [4.78, 5) is 6.99. The summed E-state index contributed by atoms with van der Waals surface area (Å²) in [6.45, 7) is 0. The third kappa shape index (κ3) is 4.37. The van der Waals surface area contributed by atoms with Crippen molar-refractivity contribution in [2.75, 3.05) is 4.90 Å². The minimum Gasteiger partial charge on any atom is -0.456 e. The fraction of sp³-hybridized carbons (Fsp3) is 0. The van der Waals surface area contributed by atoms with Crippen LogP contribution in [0.2, 0.25) is 0 Å². The van der Waals surface area contributed by atoms with Gasteiger partial charge in [-0.15, -0.1) is 0 Å². The highest BCUT2D eigenvalue weighted by Gasteiger charge is 2.19. The maximum atomic E-state index is 6.53. The topological polar surface area (TPSA) is 42.4 Å². The Bertz CT molecular complexity index is 3000. The fourth-order valence-electron chi connectivity index (χ4n) is 7.83. The van der Waals surface area contributed by atoms with Crippen LogP contribution in [-0.4, -0.2) is 4.98 Å². The molecule has 4 heteroatoms. The Morgan fingerprint density at radius 1 is 0.373 bits per heavy atom. The van der Waals surface area contributed by atoms with Crippen LogP contribution in [-0.2, 0) is 0 Å². The van der Waals surface area contributed by atoms with Crippen LogP contribution < -0.4 is 4.90 Å². The molecule has 0 radical (unpaired) electrons. The molecule has 0 aliphatic carbocycles. The molecule has 0 N–H and O–H groups in total. The van der Waals surface area contributed by atoms with Gasteiger partial charge >= 0.3 is 0 Å². The lowest BCUT2D eigenvalue weighted by Gasteiger charge is -2.25. The molecule has 8 aromatic carbocycles. The first-order valence-electron chi connectivity index (χ1n) is 17.2. The number of hydrogen-bond acceptors (Lipinski definition) is 4. The predicted molar refractivity (Wildman–Crippen MR) is 211 cm³/mol. The molecule has 0 atom stereocenters. The number of pyridine rings is 1. The average Bonchev–Trinajstić information content (AvgIpc) is 3.76. The molecule has 238 valence electrons. The summed E-state index contributed by atoms with van der Waals surface area (Å²) >= 11 is 0. The molecule has 0 unspecified atom stereocenters. The molecule has 0 saturated carbocycles. The van der Waals surface area contributed by atoms with Crippen LogP contribution in [0, 0.1) is 0 Å². The van der Waals surface area contributed by atoms with Crippen LogP contribution >= 0.6 is 0 Å². The van der Waals surface area contributed by atoms with Crippen molar-refractivity contribution in [2.24, 2.45) is 0 Å². The molecule has 0 amide bonds. The van der Waals surface area contributed by atoms with E-state index in [2.05, 4.69) is 157 Å². The zero-order valence-corrected chi connectivity index (χ0v) is 27.4. The molecule has 4 nitrogen and oxygen atoms in total. The van der Waals surface area contributed by atoms with E-state index in [-0.39, 0.29) is 0 Å². The normalized spacial score (nSPS) is 11.9. The summed E-state index contributed by atoms with van der Waals surface area (Å²) in [6.07, 6.45) is 1.95. The number of furan rings is 2. The summed E-state index contributed by atoms with van der Waals surface area (Å²) in [7, 11) is 0. The Balaban J connectivity index is 1.09. The second kappa shape index (κ2) is 10.8. The molecular formula is C47H28N2O2. The molecule has 0 fully saturated rings. The van der Waals surface area contributed by atoms with Gasteiger partial charge in [-0.2, -0.15) is 0 Å². The summed E-state index contributed by atoms with van der Waals surface area (Å²) < 4.78 is 13.1. The first kappa shape index (κ1) is 28.0. The third-order valence-corrected chi connectivity index (χ3v) is 10.3. The molecular weight excluding hydrogens is 625 g/mol. The van der Waals surface area contributed by atoms with Gasteiger partial charge in [-0.05, 0) is 87.8 Å². The second-order valence-corrected chi connectivity index (χ2v) is 13.2. The van der Waals surface area contributed by atoms with E-state index in [9.17, 15) is 0 Å². The van der Waals surface area contributed by atoms with Crippen molar-refractivity contribution in [3.8, 4) is 11.1 Å². The number of para-hydroxylation sites is 1. The van der Waals surface area contributed by atoms with Gasteiger partial charge in [0.05, 0.1) is 5.52 Å². The number of anilines is 3. The molecule has 0 aliphatic heterocycles. The number of hydrogen-bond donors (Lipinski definition) is 0. The van der Waals surface area contributed by atoms with Crippen LogP contribution in [0.1, 0.15) is 0 Å². The Morgan fingerprint density at radius 3 is 1.51 bits per heavy atom. The number of fused-ring (bicyclic) bond motifs is 11. The minimum absolute atomic E-state index is 0.846. The molecule has 0 spiro atoms. The van der Waals surface area contributed by atoms with E-state index in [4.69, 9.17) is 13.8 Å². The van der Waals surface area contributed by atoms with Crippen LogP contribution in [0.25, 0.3) is 87.5 Å². The maximum Gasteiger partial charge on any atom is 0.137 e. The number of nitrogens with zero attached hydrogens (tertiary/aromatic N) is 2. The van der Waals surface area contributed by atoms with Gasteiger partial charge in [0.15, 0.2) is 0 Å². The van der Waals surface area contributed by atoms with Crippen molar-refractivity contribution < 1.29 is 8.83 Å². The molecule has 11 rings (SSSR count). The van der Waals surface area contributed by atoms with Crippen molar-refractivity contribution in [3.63, 3.8) is 0 Å². The minimum atomic E-state index is 0.846. The molecule has 0 saturated heterocycles. The van der Waals surface area contributed by atoms with Gasteiger partial charge in [0.25, 0.3) is 0 Å². The van der Waals surface area contributed by atoms with E-state index in [1.165, 1.54) is 21.5 Å². The predicted octanol–water partition coefficient (Wildman–Crippen LogP) is 13.5. The summed E-state index contributed by atoms with van der Waals surface area (Å²) in [5.74, 6) is 0. The summed E-state index contributed by atoms with van der Waals surface area (Å²) in [5.41, 5.74) is 9.65. The number of benzene rings is 8. The summed E-state index contributed by atoms with van der Waals surface area (Å²) in [6, 6.07) is 57.6. The largest absolute Gasteiger partial charge is 0.456 e. The van der Waals surface area contributed by atoms with Crippen molar-refractivity contribution in [3.05, 3.63) is 170 Å². The second-order valence-electron chi connectivity index (χ2n) is 13.2. The van der Waals surface area contributed by atoms with Crippen LogP contribution in [0.3, 0.4) is 0 Å². The molecule has 3 aromatic heterocycles. The lowest BCUT2D eigenvalue weighted by Crippen LogP contribution is -2.09.